The Kier molecular flexibility index (Phi) is 2.16. The van der Waals surface area contributed by atoms with E-state index in [1.54, 1.807) is 5.97 Å². The molecule has 0 aliphatic carbocycles. The van der Waals surface area contributed by atoms with Crippen LogP contribution in [0.4, 0.5) is 0 Å². The topological polar surface area (TPSA) is 0 Å². The number of hydrogen-bond acceptors (Lipinski definition) is 0. The predicted octanol–water partition coefficient (Wildman–Crippen LogP) is 0.613. The van der Waals surface area contributed by atoms with Crippen LogP contribution in [0.1, 0.15) is 13.8 Å². The second-order valence-corrected chi connectivity index (χ2v) is 1.44. The van der Waals surface area contributed by atoms with Gasteiger partial charge in [0.15, 0.2) is 0 Å². The van der Waals surface area contributed by atoms with E-state index in [0.717, 1.165) is 0 Å². The molecule has 0 aromatic rings. The van der Waals surface area contributed by atoms with Gasteiger partial charge in [-0.05, 0) is 0 Å². The number of rotatable bonds is 1. The first kappa shape index (κ1) is 4.93. The average molecular weight is 66.9 g/mol. The minimum absolute atomic E-state index is 0.537. The van der Waals surface area contributed by atoms with Crippen molar-refractivity contribution in [3.05, 3.63) is 0 Å². The molecule has 27 valence electrons. The molecule has 0 rings (SSSR count). The molecule has 0 aliphatic rings. The Morgan fingerprint density at radius 2 is 1.80 bits per heavy atom. The molecular weight excluding hydrogens is 58.9 g/mol. The van der Waals surface area contributed by atoms with Gasteiger partial charge < -0.3 is 0 Å². The minimum atomic E-state index is 0.537. The Hall–Kier alpha value is -0.0651. The zero-order valence-electron chi connectivity index (χ0n) is 3.73. The van der Waals surface area contributed by atoms with E-state index in [1.165, 1.54) is 0 Å². The summed E-state index contributed by atoms with van der Waals surface area (Å²) in [4.78, 5) is 0. The van der Waals surface area contributed by atoms with Crippen molar-refractivity contribution in [2.24, 2.45) is 5.92 Å². The fourth-order valence-electron chi connectivity index (χ4n) is 0. The van der Waals surface area contributed by atoms with Crippen molar-refractivity contribution in [1.29, 1.82) is 0 Å². The summed E-state index contributed by atoms with van der Waals surface area (Å²) >= 11 is 0. The van der Waals surface area contributed by atoms with Crippen LogP contribution >= 0.6 is 0 Å². The van der Waals surface area contributed by atoms with E-state index in [0.29, 0.717) is 5.92 Å². The molecule has 0 N–H and O–H groups in total. The molecule has 0 nitrogen and oxygen atoms in total. The van der Waals surface area contributed by atoms with E-state index < -0.39 is 0 Å². The van der Waals surface area contributed by atoms with Crippen molar-refractivity contribution < 1.29 is 0 Å². The average Bonchev–Trinajstić information content (AvgIpc) is 1.38. The van der Waals surface area contributed by atoms with Gasteiger partial charge in [-0.3, -0.25) is 0 Å². The van der Waals surface area contributed by atoms with Crippen molar-refractivity contribution in [2.45, 2.75) is 13.8 Å². The molecule has 1 radical (unpaired) electrons. The fourth-order valence-corrected chi connectivity index (χ4v) is 0. The van der Waals surface area contributed by atoms with Gasteiger partial charge >= 0.3 is 33.2 Å². The van der Waals surface area contributed by atoms with Crippen LogP contribution in [0.3, 0.4) is 0 Å². The molecule has 0 aromatic carbocycles. The van der Waals surface area contributed by atoms with Crippen LogP contribution in [0, 0.1) is 5.92 Å². The van der Waals surface area contributed by atoms with Gasteiger partial charge in [0, 0.05) is 0 Å². The van der Waals surface area contributed by atoms with Crippen LogP contribution in [-0.2, 0) is 0 Å². The van der Waals surface area contributed by atoms with Gasteiger partial charge in [-0.1, -0.05) is 0 Å². The van der Waals surface area contributed by atoms with Crippen molar-refractivity contribution in [2.75, 3.05) is 0 Å². The first-order valence-corrected chi connectivity index (χ1v) is 1.82. The van der Waals surface area contributed by atoms with E-state index in [4.69, 9.17) is 7.49 Å². The summed E-state index contributed by atoms with van der Waals surface area (Å²) in [6.07, 6.45) is 0. The standard InChI is InChI=1S/C4H8B/c1-4(2)3-5/h3-4H,1-2H3. The first-order valence-electron chi connectivity index (χ1n) is 1.82. The van der Waals surface area contributed by atoms with Gasteiger partial charge in [0.1, 0.15) is 0 Å². The molecule has 5 heavy (non-hydrogen) atoms. The maximum absolute atomic E-state index is 5.05. The molecule has 1 heteroatoms. The van der Waals surface area contributed by atoms with Gasteiger partial charge in [0.05, 0.1) is 0 Å². The molecule has 0 amide bonds. The van der Waals surface area contributed by atoms with E-state index in [2.05, 4.69) is 0 Å². The van der Waals surface area contributed by atoms with Gasteiger partial charge in [0.25, 0.3) is 0 Å². The third-order valence-corrected chi connectivity index (χ3v) is 0.385. The maximum atomic E-state index is 5.05. The molecule has 0 heterocycles. The summed E-state index contributed by atoms with van der Waals surface area (Å²) in [5.41, 5.74) is 0. The Bertz CT molecular complexity index is 30.6. The van der Waals surface area contributed by atoms with E-state index in [9.17, 15) is 0 Å². The number of hydrogen-bond donors (Lipinski definition) is 0. The summed E-state index contributed by atoms with van der Waals surface area (Å²) < 4.78 is 0. The monoisotopic (exact) mass is 67.1 g/mol. The van der Waals surface area contributed by atoms with Crippen LogP contribution in [-0.4, -0.2) is 13.5 Å². The molecule has 0 unspecified atom stereocenters. The van der Waals surface area contributed by atoms with Gasteiger partial charge in [-0.15, -0.1) is 0 Å². The van der Waals surface area contributed by atoms with Gasteiger partial charge in [0.2, 0.25) is 0 Å². The van der Waals surface area contributed by atoms with Crippen molar-refractivity contribution >= 4 is 13.5 Å². The SMILES string of the molecule is [B]=CC(C)C. The Morgan fingerprint density at radius 3 is 1.80 bits per heavy atom. The second kappa shape index (κ2) is 2.19. The molecular formula is C4H8B. The van der Waals surface area contributed by atoms with Crippen molar-refractivity contribution in [3.63, 3.8) is 0 Å². The molecule has 0 bridgehead atoms. The third-order valence-electron chi connectivity index (χ3n) is 0.385. The predicted molar refractivity (Wildman–Crippen MR) is 26.7 cm³/mol. The zero-order valence-corrected chi connectivity index (χ0v) is 3.73. The van der Waals surface area contributed by atoms with Crippen LogP contribution in [0.2, 0.25) is 0 Å². The summed E-state index contributed by atoms with van der Waals surface area (Å²) in [7, 11) is 5.05. The molecule has 0 fully saturated rings. The first-order chi connectivity index (χ1) is 2.27. The Balaban J connectivity index is 2.83. The third kappa shape index (κ3) is 3.93. The van der Waals surface area contributed by atoms with Crippen LogP contribution in [0.15, 0.2) is 0 Å². The summed E-state index contributed by atoms with van der Waals surface area (Å²) in [5, 5.41) is 0. The summed E-state index contributed by atoms with van der Waals surface area (Å²) in [6, 6.07) is 0. The summed E-state index contributed by atoms with van der Waals surface area (Å²) in [6.45, 7) is 4.08. The summed E-state index contributed by atoms with van der Waals surface area (Å²) in [5.74, 6) is 2.20. The van der Waals surface area contributed by atoms with Gasteiger partial charge in [-0.2, -0.15) is 0 Å². The van der Waals surface area contributed by atoms with Crippen molar-refractivity contribution in [3.8, 4) is 0 Å². The molecule has 0 saturated carbocycles. The molecule has 0 saturated heterocycles. The fraction of sp³-hybridized carbons (Fsp3) is 0.750. The van der Waals surface area contributed by atoms with Gasteiger partial charge in [-0.25, -0.2) is 0 Å². The van der Waals surface area contributed by atoms with Crippen LogP contribution in [0.5, 0.6) is 0 Å². The Labute approximate surface area is 34.3 Å². The zero-order chi connectivity index (χ0) is 4.28. The Morgan fingerprint density at radius 1 is 1.60 bits per heavy atom. The van der Waals surface area contributed by atoms with Crippen molar-refractivity contribution in [1.82, 2.24) is 0 Å². The van der Waals surface area contributed by atoms with E-state index >= 15 is 0 Å². The normalized spacial score (nSPS) is 8.40. The molecule has 0 aliphatic heterocycles. The second-order valence-electron chi connectivity index (χ2n) is 1.44. The molecule has 0 aromatic heterocycles. The molecule has 0 atom stereocenters. The van der Waals surface area contributed by atoms with Crippen LogP contribution in [0.25, 0.3) is 0 Å². The van der Waals surface area contributed by atoms with Crippen LogP contribution < -0.4 is 0 Å². The van der Waals surface area contributed by atoms with E-state index in [-0.39, 0.29) is 0 Å². The quantitative estimate of drug-likeness (QED) is 0.394. The molecule has 0 spiro atoms. The van der Waals surface area contributed by atoms with E-state index in [1.807, 2.05) is 13.8 Å².